The first-order chi connectivity index (χ1) is 9.79. The minimum Gasteiger partial charge on any atom is -0.345 e. The van der Waals surface area contributed by atoms with Gasteiger partial charge in [0.2, 0.25) is 5.91 Å². The number of rotatable bonds is 6. The summed E-state index contributed by atoms with van der Waals surface area (Å²) in [5, 5.41) is 3.38. The number of carbonyl (C=O) groups is 1. The van der Waals surface area contributed by atoms with Crippen molar-refractivity contribution in [2.24, 2.45) is 0 Å². The molecule has 4 nitrogen and oxygen atoms in total. The van der Waals surface area contributed by atoms with Crippen molar-refractivity contribution < 1.29 is 4.79 Å². The van der Waals surface area contributed by atoms with Crippen molar-refractivity contribution in [2.75, 3.05) is 19.6 Å². The molecule has 0 atom stereocenters. The molecule has 2 rings (SSSR count). The lowest BCUT2D eigenvalue weighted by molar-refractivity contribution is -0.131. The SMILES string of the molecule is CCCNCc1ccn(CC(=O)N2CCCCCC2)c1. The Balaban J connectivity index is 1.81. The third kappa shape index (κ3) is 4.67. The van der Waals surface area contributed by atoms with Gasteiger partial charge in [-0.15, -0.1) is 0 Å². The van der Waals surface area contributed by atoms with Gasteiger partial charge in [0, 0.05) is 32.0 Å². The highest BCUT2D eigenvalue weighted by atomic mass is 16.2. The lowest BCUT2D eigenvalue weighted by atomic mass is 10.2. The molecule has 0 radical (unpaired) electrons. The summed E-state index contributed by atoms with van der Waals surface area (Å²) in [7, 11) is 0. The maximum Gasteiger partial charge on any atom is 0.242 e. The average molecular weight is 277 g/mol. The number of hydrogen-bond acceptors (Lipinski definition) is 2. The third-order valence-electron chi connectivity index (χ3n) is 3.84. The summed E-state index contributed by atoms with van der Waals surface area (Å²) >= 11 is 0. The second kappa shape index (κ2) is 8.10. The topological polar surface area (TPSA) is 37.3 Å². The minimum atomic E-state index is 0.260. The Bertz CT molecular complexity index is 406. The van der Waals surface area contributed by atoms with Crippen LogP contribution >= 0.6 is 0 Å². The van der Waals surface area contributed by atoms with Crippen molar-refractivity contribution in [3.05, 3.63) is 24.0 Å². The van der Waals surface area contributed by atoms with E-state index in [-0.39, 0.29) is 5.91 Å². The van der Waals surface area contributed by atoms with E-state index < -0.39 is 0 Å². The molecule has 0 aliphatic carbocycles. The lowest BCUT2D eigenvalue weighted by Crippen LogP contribution is -2.34. The molecule has 1 aliphatic heterocycles. The van der Waals surface area contributed by atoms with E-state index >= 15 is 0 Å². The third-order valence-corrected chi connectivity index (χ3v) is 3.84. The van der Waals surface area contributed by atoms with Gasteiger partial charge in [-0.1, -0.05) is 19.8 Å². The van der Waals surface area contributed by atoms with Crippen molar-refractivity contribution >= 4 is 5.91 Å². The van der Waals surface area contributed by atoms with Gasteiger partial charge in [0.25, 0.3) is 0 Å². The van der Waals surface area contributed by atoms with Crippen molar-refractivity contribution in [3.8, 4) is 0 Å². The normalized spacial score (nSPS) is 16.1. The number of aromatic nitrogens is 1. The summed E-state index contributed by atoms with van der Waals surface area (Å²) in [5.74, 6) is 0.260. The van der Waals surface area contributed by atoms with Crippen molar-refractivity contribution in [3.63, 3.8) is 0 Å². The molecule has 1 N–H and O–H groups in total. The van der Waals surface area contributed by atoms with Gasteiger partial charge >= 0.3 is 0 Å². The summed E-state index contributed by atoms with van der Waals surface area (Å²) in [5.41, 5.74) is 1.25. The van der Waals surface area contributed by atoms with Crippen molar-refractivity contribution in [1.82, 2.24) is 14.8 Å². The van der Waals surface area contributed by atoms with E-state index in [9.17, 15) is 4.79 Å². The number of nitrogens with zero attached hydrogens (tertiary/aromatic N) is 2. The highest BCUT2D eigenvalue weighted by molar-refractivity contribution is 5.76. The molecule has 20 heavy (non-hydrogen) atoms. The number of hydrogen-bond donors (Lipinski definition) is 1. The first-order valence-electron chi connectivity index (χ1n) is 7.92. The lowest BCUT2D eigenvalue weighted by Gasteiger charge is -2.20. The van der Waals surface area contributed by atoms with Gasteiger partial charge in [0.1, 0.15) is 6.54 Å². The molecular weight excluding hydrogens is 250 g/mol. The van der Waals surface area contributed by atoms with Crippen molar-refractivity contribution in [1.29, 1.82) is 0 Å². The molecule has 1 saturated heterocycles. The maximum absolute atomic E-state index is 12.3. The van der Waals surface area contributed by atoms with Gasteiger partial charge in [-0.2, -0.15) is 0 Å². The van der Waals surface area contributed by atoms with E-state index in [2.05, 4.69) is 24.5 Å². The van der Waals surface area contributed by atoms with Crippen LogP contribution in [0.4, 0.5) is 0 Å². The molecule has 0 spiro atoms. The molecule has 1 amide bonds. The molecule has 1 fully saturated rings. The Hall–Kier alpha value is -1.29. The van der Waals surface area contributed by atoms with Gasteiger partial charge in [-0.25, -0.2) is 0 Å². The predicted octanol–water partition coefficient (Wildman–Crippen LogP) is 2.39. The quantitative estimate of drug-likeness (QED) is 0.811. The Morgan fingerprint density at radius 3 is 2.70 bits per heavy atom. The standard InChI is InChI=1S/C16H27N3O/c1-2-8-17-12-15-7-11-18(13-15)14-16(20)19-9-5-3-4-6-10-19/h7,11,13,17H,2-6,8-10,12,14H2,1H3. The van der Waals surface area contributed by atoms with E-state index in [4.69, 9.17) is 0 Å². The van der Waals surface area contributed by atoms with Crippen LogP contribution in [0.3, 0.4) is 0 Å². The molecule has 0 bridgehead atoms. The zero-order valence-corrected chi connectivity index (χ0v) is 12.6. The molecule has 4 heteroatoms. The highest BCUT2D eigenvalue weighted by Crippen LogP contribution is 2.10. The monoisotopic (exact) mass is 277 g/mol. The summed E-state index contributed by atoms with van der Waals surface area (Å²) in [4.78, 5) is 14.3. The number of carbonyl (C=O) groups excluding carboxylic acids is 1. The van der Waals surface area contributed by atoms with Gasteiger partial charge in [0.05, 0.1) is 0 Å². The van der Waals surface area contributed by atoms with Crippen LogP contribution in [0.25, 0.3) is 0 Å². The fraction of sp³-hybridized carbons (Fsp3) is 0.688. The second-order valence-electron chi connectivity index (χ2n) is 5.66. The molecule has 0 unspecified atom stereocenters. The minimum absolute atomic E-state index is 0.260. The first-order valence-corrected chi connectivity index (χ1v) is 7.92. The largest absolute Gasteiger partial charge is 0.345 e. The van der Waals surface area contributed by atoms with Crippen LogP contribution in [0.15, 0.2) is 18.5 Å². The molecule has 0 saturated carbocycles. The van der Waals surface area contributed by atoms with E-state index in [1.165, 1.54) is 18.4 Å². The number of amides is 1. The van der Waals surface area contributed by atoms with E-state index in [1.54, 1.807) is 0 Å². The Morgan fingerprint density at radius 2 is 2.00 bits per heavy atom. The van der Waals surface area contributed by atoms with E-state index in [0.29, 0.717) is 6.54 Å². The molecule has 112 valence electrons. The number of likely N-dealkylation sites (tertiary alicyclic amines) is 1. The average Bonchev–Trinajstić information content (AvgIpc) is 2.72. The molecule has 2 heterocycles. The van der Waals surface area contributed by atoms with Crippen LogP contribution in [0.1, 0.15) is 44.6 Å². The second-order valence-corrected chi connectivity index (χ2v) is 5.66. The Morgan fingerprint density at radius 1 is 1.25 bits per heavy atom. The van der Waals surface area contributed by atoms with Gasteiger partial charge in [0.15, 0.2) is 0 Å². The van der Waals surface area contributed by atoms with Crippen LogP contribution in [-0.2, 0) is 17.9 Å². The molecule has 0 aromatic carbocycles. The van der Waals surface area contributed by atoms with Gasteiger partial charge < -0.3 is 14.8 Å². The van der Waals surface area contributed by atoms with Crippen molar-refractivity contribution in [2.45, 2.75) is 52.1 Å². The fourth-order valence-electron chi connectivity index (χ4n) is 2.68. The Kier molecular flexibility index (Phi) is 6.12. The van der Waals surface area contributed by atoms with Crippen LogP contribution in [-0.4, -0.2) is 35.0 Å². The smallest absolute Gasteiger partial charge is 0.242 e. The molecular formula is C16H27N3O. The zero-order chi connectivity index (χ0) is 14.2. The van der Waals surface area contributed by atoms with Crippen LogP contribution in [0.5, 0.6) is 0 Å². The zero-order valence-electron chi connectivity index (χ0n) is 12.6. The van der Waals surface area contributed by atoms with E-state index in [0.717, 1.165) is 45.4 Å². The molecule has 1 aromatic heterocycles. The van der Waals surface area contributed by atoms with Gasteiger partial charge in [-0.05, 0) is 37.4 Å². The number of nitrogens with one attached hydrogen (secondary N) is 1. The van der Waals surface area contributed by atoms with Gasteiger partial charge in [-0.3, -0.25) is 4.79 Å². The highest BCUT2D eigenvalue weighted by Gasteiger charge is 2.15. The molecule has 1 aliphatic rings. The summed E-state index contributed by atoms with van der Waals surface area (Å²) in [6.45, 7) is 6.44. The summed E-state index contributed by atoms with van der Waals surface area (Å²) in [6.07, 6.45) is 10.1. The Labute approximate surface area is 122 Å². The summed E-state index contributed by atoms with van der Waals surface area (Å²) in [6, 6.07) is 2.10. The maximum atomic E-state index is 12.3. The van der Waals surface area contributed by atoms with E-state index in [1.807, 2.05) is 15.7 Å². The van der Waals surface area contributed by atoms with Crippen LogP contribution in [0.2, 0.25) is 0 Å². The first kappa shape index (κ1) is 15.1. The van der Waals surface area contributed by atoms with Crippen LogP contribution < -0.4 is 5.32 Å². The predicted molar refractivity (Wildman–Crippen MR) is 81.5 cm³/mol. The van der Waals surface area contributed by atoms with Crippen LogP contribution in [0, 0.1) is 0 Å². The fourth-order valence-corrected chi connectivity index (χ4v) is 2.68. The molecule has 1 aromatic rings. The summed E-state index contributed by atoms with van der Waals surface area (Å²) < 4.78 is 2.01.